The minimum absolute atomic E-state index is 0.772. The average Bonchev–Trinajstić information content (AvgIpc) is 2.95. The molecular weight excluding hydrogens is 198 g/mol. The molecule has 0 radical (unpaired) electrons. The number of hydrogen-bond donors (Lipinski definition) is 1. The van der Waals surface area contributed by atoms with Crippen molar-refractivity contribution < 1.29 is 0 Å². The zero-order valence-corrected chi connectivity index (χ0v) is 10.5. The third-order valence-electron chi connectivity index (χ3n) is 5.03. The largest absolute Gasteiger partial charge is 0.317 e. The fourth-order valence-electron chi connectivity index (χ4n) is 3.57. The number of nitrogens with zero attached hydrogens (tertiary/aromatic N) is 2. The molecule has 0 bridgehead atoms. The Bertz CT molecular complexity index is 240. The SMILES string of the molecule is CN1CCN(C[C@@H]2CC23CCNCC3)CC1. The summed E-state index contributed by atoms with van der Waals surface area (Å²) in [5.41, 5.74) is 0.772. The highest BCUT2D eigenvalue weighted by molar-refractivity contribution is 5.05. The topological polar surface area (TPSA) is 18.5 Å². The molecular formula is C13H25N3. The Morgan fingerprint density at radius 2 is 1.81 bits per heavy atom. The summed E-state index contributed by atoms with van der Waals surface area (Å²) in [5.74, 6) is 1.03. The molecule has 2 saturated heterocycles. The molecule has 0 unspecified atom stereocenters. The van der Waals surface area contributed by atoms with Crippen molar-refractivity contribution in [1.29, 1.82) is 0 Å². The van der Waals surface area contributed by atoms with E-state index >= 15 is 0 Å². The van der Waals surface area contributed by atoms with E-state index in [4.69, 9.17) is 0 Å². The Labute approximate surface area is 99.2 Å². The normalized spacial score (nSPS) is 35.4. The van der Waals surface area contributed by atoms with Gasteiger partial charge in [0.15, 0.2) is 0 Å². The highest BCUT2D eigenvalue weighted by Crippen LogP contribution is 2.58. The quantitative estimate of drug-likeness (QED) is 0.740. The van der Waals surface area contributed by atoms with Crippen LogP contribution in [0.2, 0.25) is 0 Å². The van der Waals surface area contributed by atoms with Crippen LogP contribution in [0.1, 0.15) is 19.3 Å². The molecule has 92 valence electrons. The van der Waals surface area contributed by atoms with E-state index in [0.717, 1.165) is 11.3 Å². The van der Waals surface area contributed by atoms with Crippen molar-refractivity contribution in [3.8, 4) is 0 Å². The fraction of sp³-hybridized carbons (Fsp3) is 1.00. The van der Waals surface area contributed by atoms with Crippen LogP contribution in [0.3, 0.4) is 0 Å². The maximum atomic E-state index is 3.49. The van der Waals surface area contributed by atoms with Crippen molar-refractivity contribution in [3.05, 3.63) is 0 Å². The number of hydrogen-bond acceptors (Lipinski definition) is 3. The smallest absolute Gasteiger partial charge is 0.0110 e. The molecule has 0 aromatic heterocycles. The summed E-state index contributed by atoms with van der Waals surface area (Å²) in [7, 11) is 2.24. The number of piperazine rings is 1. The Balaban J connectivity index is 1.46. The lowest BCUT2D eigenvalue weighted by Gasteiger charge is -2.33. The van der Waals surface area contributed by atoms with Crippen molar-refractivity contribution in [3.63, 3.8) is 0 Å². The van der Waals surface area contributed by atoms with Crippen LogP contribution in [0.4, 0.5) is 0 Å². The molecule has 3 rings (SSSR count). The van der Waals surface area contributed by atoms with Gasteiger partial charge >= 0.3 is 0 Å². The van der Waals surface area contributed by atoms with Crippen LogP contribution in [0, 0.1) is 11.3 Å². The van der Waals surface area contributed by atoms with E-state index in [1.54, 1.807) is 0 Å². The number of nitrogens with one attached hydrogen (secondary N) is 1. The highest BCUT2D eigenvalue weighted by atomic mass is 15.2. The minimum Gasteiger partial charge on any atom is -0.317 e. The average molecular weight is 223 g/mol. The van der Waals surface area contributed by atoms with Gasteiger partial charge in [0.2, 0.25) is 0 Å². The van der Waals surface area contributed by atoms with Gasteiger partial charge in [-0.1, -0.05) is 0 Å². The summed E-state index contributed by atoms with van der Waals surface area (Å²) >= 11 is 0. The molecule has 2 aliphatic heterocycles. The van der Waals surface area contributed by atoms with Crippen LogP contribution in [0.25, 0.3) is 0 Å². The Hall–Kier alpha value is -0.120. The molecule has 3 heteroatoms. The molecule has 1 atom stereocenters. The van der Waals surface area contributed by atoms with Crippen LogP contribution in [-0.4, -0.2) is 62.7 Å². The molecule has 16 heavy (non-hydrogen) atoms. The second kappa shape index (κ2) is 4.28. The maximum absolute atomic E-state index is 3.49. The van der Waals surface area contributed by atoms with Gasteiger partial charge < -0.3 is 15.1 Å². The van der Waals surface area contributed by atoms with E-state index in [1.807, 2.05) is 0 Å². The molecule has 1 N–H and O–H groups in total. The van der Waals surface area contributed by atoms with Crippen LogP contribution >= 0.6 is 0 Å². The maximum Gasteiger partial charge on any atom is 0.0110 e. The van der Waals surface area contributed by atoms with Crippen LogP contribution in [0.5, 0.6) is 0 Å². The van der Waals surface area contributed by atoms with E-state index in [2.05, 4.69) is 22.2 Å². The van der Waals surface area contributed by atoms with Gasteiger partial charge in [0.1, 0.15) is 0 Å². The van der Waals surface area contributed by atoms with Crippen LogP contribution in [0.15, 0.2) is 0 Å². The Kier molecular flexibility index (Phi) is 2.94. The van der Waals surface area contributed by atoms with Gasteiger partial charge in [-0.2, -0.15) is 0 Å². The lowest BCUT2D eigenvalue weighted by atomic mass is 9.92. The Morgan fingerprint density at radius 1 is 1.12 bits per heavy atom. The summed E-state index contributed by atoms with van der Waals surface area (Å²) < 4.78 is 0. The van der Waals surface area contributed by atoms with Crippen molar-refractivity contribution in [2.45, 2.75) is 19.3 Å². The second-order valence-electron chi connectivity index (χ2n) is 6.12. The summed E-state index contributed by atoms with van der Waals surface area (Å²) in [6.45, 7) is 9.03. The van der Waals surface area contributed by atoms with Crippen molar-refractivity contribution in [2.24, 2.45) is 11.3 Å². The van der Waals surface area contributed by atoms with Gasteiger partial charge in [-0.25, -0.2) is 0 Å². The van der Waals surface area contributed by atoms with Crippen molar-refractivity contribution >= 4 is 0 Å². The van der Waals surface area contributed by atoms with Gasteiger partial charge in [-0.15, -0.1) is 0 Å². The molecule has 3 fully saturated rings. The van der Waals surface area contributed by atoms with Gasteiger partial charge in [0.05, 0.1) is 0 Å². The van der Waals surface area contributed by atoms with Gasteiger partial charge in [0.25, 0.3) is 0 Å². The first kappa shape index (κ1) is 11.0. The van der Waals surface area contributed by atoms with Crippen molar-refractivity contribution in [2.75, 3.05) is 52.9 Å². The van der Waals surface area contributed by atoms with E-state index < -0.39 is 0 Å². The van der Waals surface area contributed by atoms with E-state index in [-0.39, 0.29) is 0 Å². The van der Waals surface area contributed by atoms with Crippen LogP contribution < -0.4 is 5.32 Å². The molecule has 0 aromatic rings. The molecule has 3 aliphatic rings. The molecule has 3 nitrogen and oxygen atoms in total. The van der Waals surface area contributed by atoms with Gasteiger partial charge in [-0.3, -0.25) is 0 Å². The third kappa shape index (κ3) is 2.13. The zero-order valence-electron chi connectivity index (χ0n) is 10.5. The minimum atomic E-state index is 0.772. The van der Waals surface area contributed by atoms with E-state index in [0.29, 0.717) is 0 Å². The van der Waals surface area contributed by atoms with Crippen LogP contribution in [-0.2, 0) is 0 Å². The number of piperidine rings is 1. The molecule has 0 aromatic carbocycles. The summed E-state index contributed by atoms with van der Waals surface area (Å²) in [6.07, 6.45) is 4.39. The van der Waals surface area contributed by atoms with Gasteiger partial charge in [-0.05, 0) is 50.7 Å². The Morgan fingerprint density at radius 3 is 2.50 bits per heavy atom. The second-order valence-corrected chi connectivity index (χ2v) is 6.12. The fourth-order valence-corrected chi connectivity index (χ4v) is 3.57. The summed E-state index contributed by atoms with van der Waals surface area (Å²) in [6, 6.07) is 0. The molecule has 0 amide bonds. The molecule has 2 heterocycles. The van der Waals surface area contributed by atoms with Gasteiger partial charge in [0, 0.05) is 32.7 Å². The first-order chi connectivity index (χ1) is 7.78. The lowest BCUT2D eigenvalue weighted by Crippen LogP contribution is -2.45. The van der Waals surface area contributed by atoms with Crippen molar-refractivity contribution in [1.82, 2.24) is 15.1 Å². The monoisotopic (exact) mass is 223 g/mol. The predicted octanol–water partition coefficient (Wildman–Crippen LogP) is 0.623. The molecule has 1 saturated carbocycles. The summed E-state index contributed by atoms with van der Waals surface area (Å²) in [4.78, 5) is 5.14. The zero-order chi connectivity index (χ0) is 11.0. The number of likely N-dealkylation sites (N-methyl/N-ethyl adjacent to an activating group) is 1. The molecule has 1 aliphatic carbocycles. The standard InChI is InChI=1S/C13H25N3/c1-15-6-8-16(9-7-15)11-12-10-13(12)2-4-14-5-3-13/h12,14H,2-11H2,1H3/t12-/m0/s1. The first-order valence-corrected chi connectivity index (χ1v) is 6.90. The highest BCUT2D eigenvalue weighted by Gasteiger charge is 2.53. The molecule has 1 spiro atoms. The number of rotatable bonds is 2. The third-order valence-corrected chi connectivity index (χ3v) is 5.03. The first-order valence-electron chi connectivity index (χ1n) is 6.90. The van der Waals surface area contributed by atoms with E-state index in [1.165, 1.54) is 65.1 Å². The lowest BCUT2D eigenvalue weighted by molar-refractivity contribution is 0.140. The van der Waals surface area contributed by atoms with E-state index in [9.17, 15) is 0 Å². The predicted molar refractivity (Wildman–Crippen MR) is 66.6 cm³/mol. The summed E-state index contributed by atoms with van der Waals surface area (Å²) in [5, 5.41) is 3.49.